The summed E-state index contributed by atoms with van der Waals surface area (Å²) in [7, 11) is 0. The summed E-state index contributed by atoms with van der Waals surface area (Å²) in [5.74, 6) is 0.301. The number of hydrogen-bond donors (Lipinski definition) is 1. The van der Waals surface area contributed by atoms with E-state index in [2.05, 4.69) is 22.6 Å². The monoisotopic (exact) mass is 293 g/mol. The van der Waals surface area contributed by atoms with Crippen molar-refractivity contribution in [1.82, 2.24) is 15.2 Å². The van der Waals surface area contributed by atoms with Gasteiger partial charge in [-0.1, -0.05) is 26.2 Å². The molecule has 0 bridgehead atoms. The van der Waals surface area contributed by atoms with E-state index in [1.165, 1.54) is 6.42 Å². The van der Waals surface area contributed by atoms with Crippen LogP contribution in [0.2, 0.25) is 0 Å². The number of amides is 1. The van der Waals surface area contributed by atoms with E-state index in [-0.39, 0.29) is 11.7 Å². The number of aryl methyl sites for hydroxylation is 1. The van der Waals surface area contributed by atoms with Crippen molar-refractivity contribution in [2.75, 3.05) is 6.54 Å². The smallest absolute Gasteiger partial charge is 0.244 e. The van der Waals surface area contributed by atoms with Gasteiger partial charge >= 0.3 is 0 Å². The number of rotatable bonds is 3. The summed E-state index contributed by atoms with van der Waals surface area (Å²) in [6, 6.07) is 0. The van der Waals surface area contributed by atoms with Crippen molar-refractivity contribution in [1.29, 1.82) is 0 Å². The summed E-state index contributed by atoms with van der Waals surface area (Å²) in [5.41, 5.74) is 0.701. The van der Waals surface area contributed by atoms with E-state index < -0.39 is 0 Å². The maximum atomic E-state index is 12.9. The molecule has 3 rings (SSSR count). The molecule has 1 spiro atoms. The summed E-state index contributed by atoms with van der Waals surface area (Å²) in [4.78, 5) is 19.5. The Morgan fingerprint density at radius 1 is 1.45 bits per heavy atom. The molecule has 1 amide bonds. The normalized spacial score (nSPS) is 25.6. The average Bonchev–Trinajstić information content (AvgIpc) is 2.98. The van der Waals surface area contributed by atoms with Crippen LogP contribution < -0.4 is 5.32 Å². The Kier molecular flexibility index (Phi) is 3.82. The van der Waals surface area contributed by atoms with Gasteiger partial charge in [0.25, 0.3) is 0 Å². The molecule has 2 heterocycles. The molecule has 20 heavy (non-hydrogen) atoms. The second kappa shape index (κ2) is 5.45. The lowest BCUT2D eigenvalue weighted by molar-refractivity contribution is -0.134. The molecular weight excluding hydrogens is 270 g/mol. The SMILES string of the molecule is CCCN1C(=O)C2(CCCCC2)N[C@H]1c1csc(C)n1. The third-order valence-electron chi connectivity index (χ3n) is 4.48. The fraction of sp³-hybridized carbons (Fsp3) is 0.733. The van der Waals surface area contributed by atoms with E-state index in [0.29, 0.717) is 5.91 Å². The van der Waals surface area contributed by atoms with Crippen LogP contribution in [0.1, 0.15) is 62.3 Å². The molecule has 1 aromatic heterocycles. The van der Waals surface area contributed by atoms with Gasteiger partial charge in [-0.3, -0.25) is 10.1 Å². The number of carbonyl (C=O) groups excluding carboxylic acids is 1. The molecule has 2 fully saturated rings. The summed E-state index contributed by atoms with van der Waals surface area (Å²) in [6.45, 7) is 4.96. The van der Waals surface area contributed by atoms with E-state index in [1.807, 2.05) is 11.8 Å². The molecule has 110 valence electrons. The number of carbonyl (C=O) groups is 1. The van der Waals surface area contributed by atoms with Crippen molar-refractivity contribution >= 4 is 17.2 Å². The summed E-state index contributed by atoms with van der Waals surface area (Å²) < 4.78 is 0. The van der Waals surface area contributed by atoms with Crippen LogP contribution in [0.5, 0.6) is 0 Å². The number of thiazole rings is 1. The molecule has 1 aliphatic carbocycles. The van der Waals surface area contributed by atoms with Gasteiger partial charge in [-0.2, -0.15) is 0 Å². The second-order valence-electron chi connectivity index (χ2n) is 5.98. The molecule has 0 unspecified atom stereocenters. The first-order valence-electron chi connectivity index (χ1n) is 7.67. The fourth-order valence-electron chi connectivity index (χ4n) is 3.52. The zero-order valence-corrected chi connectivity index (χ0v) is 13.1. The third-order valence-corrected chi connectivity index (χ3v) is 5.28. The van der Waals surface area contributed by atoms with Crippen molar-refractivity contribution < 1.29 is 4.79 Å². The van der Waals surface area contributed by atoms with Crippen LogP contribution in [-0.2, 0) is 4.79 Å². The minimum absolute atomic E-state index is 0.0227. The van der Waals surface area contributed by atoms with Crippen molar-refractivity contribution in [3.05, 3.63) is 16.1 Å². The average molecular weight is 293 g/mol. The van der Waals surface area contributed by atoms with Crippen LogP contribution >= 0.6 is 11.3 Å². The van der Waals surface area contributed by atoms with Crippen molar-refractivity contribution in [2.24, 2.45) is 0 Å². The lowest BCUT2D eigenvalue weighted by Crippen LogP contribution is -2.48. The van der Waals surface area contributed by atoms with Crippen LogP contribution in [0, 0.1) is 6.92 Å². The maximum absolute atomic E-state index is 12.9. The van der Waals surface area contributed by atoms with Gasteiger partial charge < -0.3 is 4.90 Å². The highest BCUT2D eigenvalue weighted by Gasteiger charge is 2.51. The van der Waals surface area contributed by atoms with Crippen LogP contribution in [0.3, 0.4) is 0 Å². The molecule has 0 aromatic carbocycles. The standard InChI is InChI=1S/C15H23N3OS/c1-3-9-18-13(12-10-20-11(2)16-12)17-15(14(18)19)7-5-4-6-8-15/h10,13,17H,3-9H2,1-2H3/t13-/m1/s1. The zero-order chi connectivity index (χ0) is 14.2. The minimum atomic E-state index is -0.310. The maximum Gasteiger partial charge on any atom is 0.244 e. The van der Waals surface area contributed by atoms with E-state index in [9.17, 15) is 4.79 Å². The quantitative estimate of drug-likeness (QED) is 0.932. The van der Waals surface area contributed by atoms with Gasteiger partial charge in [0, 0.05) is 11.9 Å². The van der Waals surface area contributed by atoms with Gasteiger partial charge in [0.15, 0.2) is 0 Å². The topological polar surface area (TPSA) is 45.2 Å². The molecule has 1 atom stereocenters. The van der Waals surface area contributed by atoms with E-state index in [0.717, 1.165) is 49.4 Å². The van der Waals surface area contributed by atoms with Crippen LogP contribution in [-0.4, -0.2) is 27.9 Å². The van der Waals surface area contributed by atoms with Crippen molar-refractivity contribution in [3.63, 3.8) is 0 Å². The lowest BCUT2D eigenvalue weighted by atomic mass is 9.81. The van der Waals surface area contributed by atoms with Crippen molar-refractivity contribution in [2.45, 2.75) is 64.1 Å². The zero-order valence-electron chi connectivity index (χ0n) is 12.3. The number of nitrogens with one attached hydrogen (secondary N) is 1. The van der Waals surface area contributed by atoms with Gasteiger partial charge in [0.2, 0.25) is 5.91 Å². The van der Waals surface area contributed by atoms with Gasteiger partial charge in [-0.05, 0) is 26.2 Å². The molecule has 5 heteroatoms. The van der Waals surface area contributed by atoms with Crippen LogP contribution in [0.4, 0.5) is 0 Å². The molecule has 2 aliphatic rings. The van der Waals surface area contributed by atoms with Gasteiger partial charge in [-0.15, -0.1) is 11.3 Å². The minimum Gasteiger partial charge on any atom is -0.320 e. The van der Waals surface area contributed by atoms with Gasteiger partial charge in [0.1, 0.15) is 6.17 Å². The van der Waals surface area contributed by atoms with E-state index in [1.54, 1.807) is 11.3 Å². The molecule has 1 saturated carbocycles. The predicted octanol–water partition coefficient (Wildman–Crippen LogP) is 2.99. The Hall–Kier alpha value is -0.940. The Labute approximate surface area is 124 Å². The largest absolute Gasteiger partial charge is 0.320 e. The molecule has 1 N–H and O–H groups in total. The van der Waals surface area contributed by atoms with E-state index in [4.69, 9.17) is 0 Å². The van der Waals surface area contributed by atoms with E-state index >= 15 is 0 Å². The first-order valence-corrected chi connectivity index (χ1v) is 8.55. The Morgan fingerprint density at radius 3 is 2.80 bits per heavy atom. The van der Waals surface area contributed by atoms with Crippen molar-refractivity contribution in [3.8, 4) is 0 Å². The second-order valence-corrected chi connectivity index (χ2v) is 7.04. The first kappa shape index (κ1) is 14.0. The molecule has 0 radical (unpaired) electrons. The molecule has 1 saturated heterocycles. The molecular formula is C15H23N3OS. The summed E-state index contributed by atoms with van der Waals surface area (Å²) >= 11 is 1.66. The number of aromatic nitrogens is 1. The predicted molar refractivity (Wildman–Crippen MR) is 80.5 cm³/mol. The third kappa shape index (κ3) is 2.27. The molecule has 1 aromatic rings. The highest BCUT2D eigenvalue weighted by Crippen LogP contribution is 2.39. The Morgan fingerprint density at radius 2 is 2.20 bits per heavy atom. The van der Waals surface area contributed by atoms with Crippen LogP contribution in [0.25, 0.3) is 0 Å². The van der Waals surface area contributed by atoms with Gasteiger partial charge in [-0.25, -0.2) is 4.98 Å². The Bertz CT molecular complexity index is 493. The summed E-state index contributed by atoms with van der Waals surface area (Å²) in [5, 5.41) is 6.79. The van der Waals surface area contributed by atoms with Gasteiger partial charge in [0.05, 0.1) is 16.2 Å². The number of hydrogen-bond acceptors (Lipinski definition) is 4. The fourth-order valence-corrected chi connectivity index (χ4v) is 4.15. The molecule has 4 nitrogen and oxygen atoms in total. The summed E-state index contributed by atoms with van der Waals surface area (Å²) in [6.07, 6.45) is 6.49. The highest BCUT2D eigenvalue weighted by atomic mass is 32.1. The molecule has 1 aliphatic heterocycles. The highest BCUT2D eigenvalue weighted by molar-refractivity contribution is 7.09. The first-order chi connectivity index (χ1) is 9.66. The number of nitrogens with zero attached hydrogens (tertiary/aromatic N) is 2. The van der Waals surface area contributed by atoms with Crippen LogP contribution in [0.15, 0.2) is 5.38 Å². The Balaban J connectivity index is 1.90. The lowest BCUT2D eigenvalue weighted by Gasteiger charge is -2.31.